The highest BCUT2D eigenvalue weighted by Crippen LogP contribution is 2.30. The number of rotatable bonds is 2. The Morgan fingerprint density at radius 3 is 3.00 bits per heavy atom. The second-order valence-corrected chi connectivity index (χ2v) is 6.08. The Balaban J connectivity index is 1.89. The zero-order chi connectivity index (χ0) is 16.6. The van der Waals surface area contributed by atoms with Crippen LogP contribution in [0.15, 0.2) is 18.2 Å². The summed E-state index contributed by atoms with van der Waals surface area (Å²) >= 11 is 0. The van der Waals surface area contributed by atoms with Crippen LogP contribution >= 0.6 is 0 Å². The van der Waals surface area contributed by atoms with Crippen LogP contribution in [0.3, 0.4) is 0 Å². The van der Waals surface area contributed by atoms with Gasteiger partial charge in [-0.3, -0.25) is 9.59 Å². The lowest BCUT2D eigenvalue weighted by atomic mass is 10.1. The van der Waals surface area contributed by atoms with Crippen molar-refractivity contribution in [2.45, 2.75) is 25.1 Å². The quantitative estimate of drug-likeness (QED) is 0.853. The number of aliphatic hydroxyl groups is 1. The third kappa shape index (κ3) is 3.01. The number of alkyl halides is 1. The highest BCUT2D eigenvalue weighted by atomic mass is 19.1. The minimum absolute atomic E-state index is 0.00654. The zero-order valence-corrected chi connectivity index (χ0v) is 13.0. The second kappa shape index (κ2) is 6.16. The van der Waals surface area contributed by atoms with Gasteiger partial charge in [-0.25, -0.2) is 4.39 Å². The molecule has 1 aromatic carbocycles. The lowest BCUT2D eigenvalue weighted by molar-refractivity contribution is -0.115. The van der Waals surface area contributed by atoms with Gasteiger partial charge in [0.2, 0.25) is 5.91 Å². The molecule has 0 aliphatic carbocycles. The molecule has 2 aliphatic rings. The van der Waals surface area contributed by atoms with Gasteiger partial charge in [-0.2, -0.15) is 0 Å². The van der Waals surface area contributed by atoms with Crippen LogP contribution in [-0.4, -0.2) is 60.8 Å². The van der Waals surface area contributed by atoms with Crippen molar-refractivity contribution >= 4 is 23.2 Å². The fourth-order valence-electron chi connectivity index (χ4n) is 3.15. The second-order valence-electron chi connectivity index (χ2n) is 6.08. The van der Waals surface area contributed by atoms with E-state index in [0.717, 1.165) is 5.69 Å². The number of carbonyl (C=O) groups excluding carboxylic acids is 2. The van der Waals surface area contributed by atoms with Crippen molar-refractivity contribution in [2.24, 2.45) is 0 Å². The number of hydrogen-bond donors (Lipinski definition) is 2. The third-order valence-electron chi connectivity index (χ3n) is 4.44. The molecule has 124 valence electrons. The van der Waals surface area contributed by atoms with Gasteiger partial charge in [-0.15, -0.1) is 0 Å². The Hall–Kier alpha value is -2.15. The minimum atomic E-state index is -1.11. The summed E-state index contributed by atoms with van der Waals surface area (Å²) in [5, 5.41) is 12.1. The van der Waals surface area contributed by atoms with E-state index in [4.69, 9.17) is 0 Å². The summed E-state index contributed by atoms with van der Waals surface area (Å²) in [5.74, 6) is -0.424. The molecular weight excluding hydrogens is 301 g/mol. The zero-order valence-electron chi connectivity index (χ0n) is 13.0. The molecule has 6 nitrogen and oxygen atoms in total. The van der Waals surface area contributed by atoms with E-state index in [1.54, 1.807) is 18.2 Å². The first-order valence-electron chi connectivity index (χ1n) is 7.70. The van der Waals surface area contributed by atoms with Crippen LogP contribution in [0.25, 0.3) is 0 Å². The standard InChI is InChI=1S/C16H20FN3O3/c1-19-5-4-15(22)18-13-6-10(2-3-14(13)19)16(23)20-8-11(17)7-12(20)9-21/h2-3,6,11-12,21H,4-5,7-9H2,1H3,(H,18,22)/t11-,12-/m0/s1. The van der Waals surface area contributed by atoms with Gasteiger partial charge in [0.15, 0.2) is 0 Å². The van der Waals surface area contributed by atoms with Gasteiger partial charge in [0, 0.05) is 32.0 Å². The summed E-state index contributed by atoms with van der Waals surface area (Å²) in [5.41, 5.74) is 1.81. The van der Waals surface area contributed by atoms with Crippen LogP contribution in [0.2, 0.25) is 0 Å². The molecule has 7 heteroatoms. The number of aliphatic hydroxyl groups excluding tert-OH is 1. The fourth-order valence-corrected chi connectivity index (χ4v) is 3.15. The van der Waals surface area contributed by atoms with E-state index in [-0.39, 0.29) is 31.4 Å². The first-order valence-corrected chi connectivity index (χ1v) is 7.70. The number of hydrogen-bond acceptors (Lipinski definition) is 4. The summed E-state index contributed by atoms with van der Waals surface area (Å²) in [6.45, 7) is 0.346. The van der Waals surface area contributed by atoms with Gasteiger partial charge in [0.05, 0.1) is 30.6 Å². The number of amides is 2. The van der Waals surface area contributed by atoms with E-state index in [1.807, 2.05) is 11.9 Å². The van der Waals surface area contributed by atoms with E-state index in [2.05, 4.69) is 5.32 Å². The maximum Gasteiger partial charge on any atom is 0.254 e. The average molecular weight is 321 g/mol. The molecule has 0 radical (unpaired) electrons. The molecule has 1 fully saturated rings. The van der Waals surface area contributed by atoms with Crippen LogP contribution in [0.5, 0.6) is 0 Å². The van der Waals surface area contributed by atoms with Gasteiger partial charge in [0.1, 0.15) is 6.17 Å². The van der Waals surface area contributed by atoms with Crippen molar-refractivity contribution in [1.29, 1.82) is 0 Å². The first-order chi connectivity index (χ1) is 11.0. The predicted octanol–water partition coefficient (Wildman–Crippen LogP) is 1.01. The maximum absolute atomic E-state index is 13.5. The number of nitrogens with one attached hydrogen (secondary N) is 1. The summed E-state index contributed by atoms with van der Waals surface area (Å²) < 4.78 is 13.5. The summed E-state index contributed by atoms with van der Waals surface area (Å²) in [6, 6.07) is 4.59. The number of anilines is 2. The normalized spacial score (nSPS) is 24.2. The smallest absolute Gasteiger partial charge is 0.254 e. The Bertz CT molecular complexity index is 637. The summed E-state index contributed by atoms with van der Waals surface area (Å²) in [7, 11) is 1.89. The summed E-state index contributed by atoms with van der Waals surface area (Å²) in [6.07, 6.45) is -0.564. The molecule has 1 aromatic rings. The number of halogens is 1. The van der Waals surface area contributed by atoms with Crippen molar-refractivity contribution < 1.29 is 19.1 Å². The van der Waals surface area contributed by atoms with Crippen molar-refractivity contribution in [2.75, 3.05) is 37.0 Å². The first kappa shape index (κ1) is 15.7. The van der Waals surface area contributed by atoms with Crippen molar-refractivity contribution in [3.63, 3.8) is 0 Å². The van der Waals surface area contributed by atoms with E-state index in [9.17, 15) is 19.1 Å². The lowest BCUT2D eigenvalue weighted by Crippen LogP contribution is -2.37. The van der Waals surface area contributed by atoms with Crippen molar-refractivity contribution in [1.82, 2.24) is 4.90 Å². The van der Waals surface area contributed by atoms with Gasteiger partial charge >= 0.3 is 0 Å². The average Bonchev–Trinajstić information content (AvgIpc) is 2.85. The molecule has 3 rings (SSSR count). The number of nitrogens with zero attached hydrogens (tertiary/aromatic N) is 2. The highest BCUT2D eigenvalue weighted by molar-refractivity contribution is 6.01. The summed E-state index contributed by atoms with van der Waals surface area (Å²) in [4.78, 5) is 27.7. The van der Waals surface area contributed by atoms with Gasteiger partial charge in [0.25, 0.3) is 5.91 Å². The maximum atomic E-state index is 13.5. The Morgan fingerprint density at radius 1 is 1.48 bits per heavy atom. The monoisotopic (exact) mass is 321 g/mol. The van der Waals surface area contributed by atoms with Crippen LogP contribution < -0.4 is 10.2 Å². The van der Waals surface area contributed by atoms with E-state index in [1.165, 1.54) is 4.90 Å². The number of benzene rings is 1. The van der Waals surface area contributed by atoms with Gasteiger partial charge < -0.3 is 20.2 Å². The molecule has 0 saturated carbocycles. The third-order valence-corrected chi connectivity index (χ3v) is 4.44. The molecule has 0 unspecified atom stereocenters. The van der Waals surface area contributed by atoms with Gasteiger partial charge in [-0.1, -0.05) is 0 Å². The van der Waals surface area contributed by atoms with Crippen molar-refractivity contribution in [3.05, 3.63) is 23.8 Å². The number of fused-ring (bicyclic) bond motifs is 1. The number of likely N-dealkylation sites (tertiary alicyclic amines) is 1. The Labute approximate surface area is 133 Å². The van der Waals surface area contributed by atoms with Gasteiger partial charge in [-0.05, 0) is 18.2 Å². The Morgan fingerprint density at radius 2 is 2.26 bits per heavy atom. The minimum Gasteiger partial charge on any atom is -0.394 e. The number of carbonyl (C=O) groups is 2. The largest absolute Gasteiger partial charge is 0.394 e. The molecule has 0 spiro atoms. The predicted molar refractivity (Wildman–Crippen MR) is 84.4 cm³/mol. The molecule has 2 heterocycles. The molecule has 2 atom stereocenters. The molecule has 1 saturated heterocycles. The van der Waals surface area contributed by atoms with E-state index >= 15 is 0 Å². The van der Waals surface area contributed by atoms with Crippen LogP contribution in [0.1, 0.15) is 23.2 Å². The molecule has 23 heavy (non-hydrogen) atoms. The molecular formula is C16H20FN3O3. The molecule has 0 bridgehead atoms. The van der Waals surface area contributed by atoms with E-state index in [0.29, 0.717) is 24.2 Å². The topological polar surface area (TPSA) is 72.9 Å². The van der Waals surface area contributed by atoms with E-state index < -0.39 is 12.2 Å². The van der Waals surface area contributed by atoms with Crippen molar-refractivity contribution in [3.8, 4) is 0 Å². The molecule has 2 aliphatic heterocycles. The van der Waals surface area contributed by atoms with Crippen LogP contribution in [0.4, 0.5) is 15.8 Å². The fraction of sp³-hybridized carbons (Fsp3) is 0.500. The van der Waals surface area contributed by atoms with Crippen LogP contribution in [-0.2, 0) is 4.79 Å². The lowest BCUT2D eigenvalue weighted by Gasteiger charge is -2.24. The Kier molecular flexibility index (Phi) is 4.21. The molecule has 2 amide bonds. The molecule has 0 aromatic heterocycles. The van der Waals surface area contributed by atoms with Crippen LogP contribution in [0, 0.1) is 0 Å². The molecule has 2 N–H and O–H groups in total. The highest BCUT2D eigenvalue weighted by Gasteiger charge is 2.35. The SMILES string of the molecule is CN1CCC(=O)Nc2cc(C(=O)N3C[C@@H](F)C[C@H]3CO)ccc21.